The van der Waals surface area contributed by atoms with Crippen LogP contribution < -0.4 is 5.32 Å². The second-order valence-corrected chi connectivity index (χ2v) is 7.99. The fourth-order valence-electron chi connectivity index (χ4n) is 3.72. The number of amides is 2. The van der Waals surface area contributed by atoms with Crippen molar-refractivity contribution in [1.82, 2.24) is 4.90 Å². The minimum absolute atomic E-state index is 0.0133. The Kier molecular flexibility index (Phi) is 4.92. The van der Waals surface area contributed by atoms with Crippen LogP contribution in [0, 0.1) is 18.7 Å². The molecule has 1 atom stereocenters. The molecule has 1 N–H and O–H groups in total. The number of benzene rings is 2. The molecule has 5 heteroatoms. The lowest BCUT2D eigenvalue weighted by atomic mass is 10.1. The first kappa shape index (κ1) is 18.7. The monoisotopic (exact) mass is 380 g/mol. The average molecular weight is 380 g/mol. The third-order valence-corrected chi connectivity index (χ3v) is 5.77. The Morgan fingerprint density at radius 3 is 2.46 bits per heavy atom. The molecule has 0 spiro atoms. The van der Waals surface area contributed by atoms with Gasteiger partial charge in [0.15, 0.2) is 0 Å². The lowest BCUT2D eigenvalue weighted by Gasteiger charge is -2.30. The van der Waals surface area contributed by atoms with Gasteiger partial charge in [-0.05, 0) is 75.3 Å². The van der Waals surface area contributed by atoms with E-state index in [-0.39, 0.29) is 17.5 Å². The molecule has 2 saturated carbocycles. The van der Waals surface area contributed by atoms with Crippen molar-refractivity contribution >= 4 is 17.5 Å². The first-order valence-corrected chi connectivity index (χ1v) is 9.95. The summed E-state index contributed by atoms with van der Waals surface area (Å²) in [5, 5.41) is 2.76. The average Bonchev–Trinajstić information content (AvgIpc) is 3.56. The van der Waals surface area contributed by atoms with Crippen LogP contribution in [0.5, 0.6) is 0 Å². The molecule has 2 aliphatic carbocycles. The maximum absolute atomic E-state index is 13.9. The van der Waals surface area contributed by atoms with Gasteiger partial charge in [-0.15, -0.1) is 0 Å². The van der Waals surface area contributed by atoms with E-state index in [0.29, 0.717) is 23.2 Å². The van der Waals surface area contributed by atoms with Crippen LogP contribution in [0.25, 0.3) is 0 Å². The smallest absolute Gasteiger partial charge is 0.258 e. The molecule has 28 heavy (non-hydrogen) atoms. The number of nitrogens with one attached hydrogen (secondary N) is 1. The van der Waals surface area contributed by atoms with Crippen molar-refractivity contribution in [1.29, 1.82) is 0 Å². The molecule has 2 amide bonds. The summed E-state index contributed by atoms with van der Waals surface area (Å²) in [6.45, 7) is 4.00. The van der Waals surface area contributed by atoms with Crippen molar-refractivity contribution in [2.45, 2.75) is 51.6 Å². The summed E-state index contributed by atoms with van der Waals surface area (Å²) in [5.74, 6) is -0.460. The molecular weight excluding hydrogens is 355 g/mol. The molecule has 0 aliphatic heterocycles. The predicted octanol–water partition coefficient (Wildman–Crippen LogP) is 4.79. The van der Waals surface area contributed by atoms with E-state index in [0.717, 1.165) is 18.4 Å². The van der Waals surface area contributed by atoms with Crippen LogP contribution in [-0.4, -0.2) is 28.8 Å². The maximum Gasteiger partial charge on any atom is 0.258 e. The minimum atomic E-state index is -0.567. The Balaban J connectivity index is 1.57. The Bertz CT molecular complexity index is 919. The van der Waals surface area contributed by atoms with Crippen LogP contribution in [0.15, 0.2) is 42.5 Å². The molecule has 1 unspecified atom stereocenters. The SMILES string of the molecule is Cc1ccc(C(=O)N(C2CC2)C(C)C2CC2)cc1NC(=O)c1ccccc1F. The maximum atomic E-state index is 13.9. The number of halogens is 1. The lowest BCUT2D eigenvalue weighted by molar-refractivity contribution is 0.0654. The largest absolute Gasteiger partial charge is 0.333 e. The second-order valence-electron chi connectivity index (χ2n) is 7.99. The van der Waals surface area contributed by atoms with E-state index in [2.05, 4.69) is 12.2 Å². The molecule has 4 rings (SSSR count). The van der Waals surface area contributed by atoms with Crippen LogP contribution in [0.2, 0.25) is 0 Å². The molecule has 0 heterocycles. The van der Waals surface area contributed by atoms with Gasteiger partial charge in [0.2, 0.25) is 0 Å². The van der Waals surface area contributed by atoms with Gasteiger partial charge in [0.05, 0.1) is 5.56 Å². The molecule has 2 fully saturated rings. The van der Waals surface area contributed by atoms with Crippen LogP contribution >= 0.6 is 0 Å². The fourth-order valence-corrected chi connectivity index (χ4v) is 3.72. The zero-order valence-corrected chi connectivity index (χ0v) is 16.2. The van der Waals surface area contributed by atoms with E-state index in [4.69, 9.17) is 0 Å². The number of carbonyl (C=O) groups excluding carboxylic acids is 2. The van der Waals surface area contributed by atoms with E-state index in [1.807, 2.05) is 24.0 Å². The predicted molar refractivity (Wildman–Crippen MR) is 107 cm³/mol. The highest BCUT2D eigenvalue weighted by Crippen LogP contribution is 2.40. The zero-order chi connectivity index (χ0) is 19.8. The first-order chi connectivity index (χ1) is 13.5. The van der Waals surface area contributed by atoms with Crippen LogP contribution in [0.4, 0.5) is 10.1 Å². The quantitative estimate of drug-likeness (QED) is 0.783. The molecule has 2 aromatic rings. The minimum Gasteiger partial charge on any atom is -0.333 e. The lowest BCUT2D eigenvalue weighted by Crippen LogP contribution is -2.41. The molecule has 0 saturated heterocycles. The van der Waals surface area contributed by atoms with E-state index >= 15 is 0 Å². The van der Waals surface area contributed by atoms with E-state index in [1.165, 1.54) is 25.0 Å². The van der Waals surface area contributed by atoms with Gasteiger partial charge in [-0.3, -0.25) is 9.59 Å². The van der Waals surface area contributed by atoms with Crippen molar-refractivity contribution in [2.24, 2.45) is 5.92 Å². The van der Waals surface area contributed by atoms with Gasteiger partial charge in [0.25, 0.3) is 11.8 Å². The van der Waals surface area contributed by atoms with Crippen molar-refractivity contribution in [3.8, 4) is 0 Å². The number of aryl methyl sites for hydroxylation is 1. The summed E-state index contributed by atoms with van der Waals surface area (Å²) in [5.41, 5.74) is 1.91. The third kappa shape index (κ3) is 3.79. The van der Waals surface area contributed by atoms with E-state index in [1.54, 1.807) is 18.2 Å². The number of hydrogen-bond donors (Lipinski definition) is 1. The normalized spacial score (nSPS) is 17.1. The summed E-state index contributed by atoms with van der Waals surface area (Å²) in [4.78, 5) is 27.7. The molecule has 0 radical (unpaired) electrons. The second kappa shape index (κ2) is 7.38. The van der Waals surface area contributed by atoms with Crippen molar-refractivity contribution in [3.63, 3.8) is 0 Å². The van der Waals surface area contributed by atoms with Crippen molar-refractivity contribution in [3.05, 3.63) is 65.0 Å². The zero-order valence-electron chi connectivity index (χ0n) is 16.2. The Hall–Kier alpha value is -2.69. The van der Waals surface area contributed by atoms with Gasteiger partial charge in [0, 0.05) is 23.3 Å². The van der Waals surface area contributed by atoms with E-state index < -0.39 is 11.7 Å². The number of anilines is 1. The first-order valence-electron chi connectivity index (χ1n) is 9.95. The number of nitrogens with zero attached hydrogens (tertiary/aromatic N) is 1. The Morgan fingerprint density at radius 1 is 1.11 bits per heavy atom. The van der Waals surface area contributed by atoms with Gasteiger partial charge in [-0.1, -0.05) is 18.2 Å². The standard InChI is InChI=1S/C23H25FN2O2/c1-14-7-8-17(23(28)26(18-11-12-18)15(2)16-9-10-16)13-21(14)25-22(27)19-5-3-4-6-20(19)24/h3-8,13,15-16,18H,9-12H2,1-2H3,(H,25,27). The summed E-state index contributed by atoms with van der Waals surface area (Å²) in [6, 6.07) is 11.8. The fraction of sp³-hybridized carbons (Fsp3) is 0.391. The van der Waals surface area contributed by atoms with Crippen LogP contribution in [0.1, 0.15) is 58.9 Å². The van der Waals surface area contributed by atoms with Crippen molar-refractivity contribution in [2.75, 3.05) is 5.32 Å². The summed E-state index contributed by atoms with van der Waals surface area (Å²) in [6.07, 6.45) is 4.50. The molecule has 2 aromatic carbocycles. The summed E-state index contributed by atoms with van der Waals surface area (Å²) >= 11 is 0. The van der Waals surface area contributed by atoms with Gasteiger partial charge in [-0.25, -0.2) is 4.39 Å². The number of rotatable bonds is 6. The van der Waals surface area contributed by atoms with Gasteiger partial charge in [0.1, 0.15) is 5.82 Å². The van der Waals surface area contributed by atoms with Gasteiger partial charge < -0.3 is 10.2 Å². The van der Waals surface area contributed by atoms with Gasteiger partial charge >= 0.3 is 0 Å². The molecule has 146 valence electrons. The summed E-state index contributed by atoms with van der Waals surface area (Å²) < 4.78 is 13.9. The highest BCUT2D eigenvalue weighted by Gasteiger charge is 2.41. The van der Waals surface area contributed by atoms with Crippen LogP contribution in [0.3, 0.4) is 0 Å². The van der Waals surface area contributed by atoms with Crippen molar-refractivity contribution < 1.29 is 14.0 Å². The number of hydrogen-bond acceptors (Lipinski definition) is 2. The Labute approximate surface area is 164 Å². The molecule has 4 nitrogen and oxygen atoms in total. The highest BCUT2D eigenvalue weighted by atomic mass is 19.1. The molecular formula is C23H25FN2O2. The van der Waals surface area contributed by atoms with Crippen LogP contribution in [-0.2, 0) is 0 Å². The topological polar surface area (TPSA) is 49.4 Å². The molecule has 0 bridgehead atoms. The van der Waals surface area contributed by atoms with E-state index in [9.17, 15) is 14.0 Å². The summed E-state index contributed by atoms with van der Waals surface area (Å²) in [7, 11) is 0. The Morgan fingerprint density at radius 2 is 1.82 bits per heavy atom. The number of carbonyl (C=O) groups is 2. The molecule has 0 aromatic heterocycles. The highest BCUT2D eigenvalue weighted by molar-refractivity contribution is 6.05. The molecule has 2 aliphatic rings. The van der Waals surface area contributed by atoms with Gasteiger partial charge in [-0.2, -0.15) is 0 Å². The third-order valence-electron chi connectivity index (χ3n) is 5.77.